The summed E-state index contributed by atoms with van der Waals surface area (Å²) in [6, 6.07) is 23.0. The Bertz CT molecular complexity index is 1050. The maximum atomic E-state index is 13.4. The first-order valence-electron chi connectivity index (χ1n) is 10.3. The fraction of sp³-hybridized carbons (Fsp3) is 0.231. The third-order valence-electron chi connectivity index (χ3n) is 5.31. The molecule has 3 aromatic rings. The van der Waals surface area contributed by atoms with Crippen LogP contribution in [0.4, 0.5) is 5.69 Å². The number of hydrogen-bond acceptors (Lipinski definition) is 3. The van der Waals surface area contributed by atoms with Gasteiger partial charge in [0.05, 0.1) is 6.61 Å². The summed E-state index contributed by atoms with van der Waals surface area (Å²) in [6.07, 6.45) is 0. The molecule has 0 aliphatic carbocycles. The molecule has 3 rings (SSSR count). The second-order valence-corrected chi connectivity index (χ2v) is 7.43. The Hall–Kier alpha value is -3.44. The van der Waals surface area contributed by atoms with Crippen molar-refractivity contribution in [2.45, 2.75) is 13.8 Å². The second-order valence-electron chi connectivity index (χ2n) is 7.43. The number of aryl methyl sites for hydroxylation is 1. The Morgan fingerprint density at radius 2 is 1.61 bits per heavy atom. The first-order chi connectivity index (χ1) is 15.0. The van der Waals surface area contributed by atoms with Gasteiger partial charge in [0.1, 0.15) is 6.54 Å². The molecule has 5 nitrogen and oxygen atoms in total. The molecule has 31 heavy (non-hydrogen) atoms. The van der Waals surface area contributed by atoms with Crippen LogP contribution in [0.2, 0.25) is 0 Å². The monoisotopic (exact) mass is 416 g/mol. The zero-order chi connectivity index (χ0) is 22.2. The van der Waals surface area contributed by atoms with Crippen LogP contribution in [0.25, 0.3) is 11.1 Å². The van der Waals surface area contributed by atoms with E-state index in [4.69, 9.17) is 4.74 Å². The lowest BCUT2D eigenvalue weighted by atomic mass is 9.99. The fourth-order valence-corrected chi connectivity index (χ4v) is 3.41. The van der Waals surface area contributed by atoms with E-state index in [1.54, 1.807) is 13.2 Å². The van der Waals surface area contributed by atoms with E-state index in [2.05, 4.69) is 5.32 Å². The lowest BCUT2D eigenvalue weighted by molar-refractivity contribution is -0.117. The predicted molar refractivity (Wildman–Crippen MR) is 124 cm³/mol. The summed E-state index contributed by atoms with van der Waals surface area (Å²) in [5.41, 5.74) is 5.23. The fourth-order valence-electron chi connectivity index (χ4n) is 3.41. The van der Waals surface area contributed by atoms with E-state index in [1.165, 1.54) is 4.90 Å². The van der Waals surface area contributed by atoms with Crippen molar-refractivity contribution in [1.82, 2.24) is 4.90 Å². The molecular weight excluding hydrogens is 388 g/mol. The molecule has 5 heteroatoms. The summed E-state index contributed by atoms with van der Waals surface area (Å²) in [5, 5.41) is 2.94. The van der Waals surface area contributed by atoms with Crippen LogP contribution in [0, 0.1) is 13.8 Å². The lowest BCUT2D eigenvalue weighted by Crippen LogP contribution is -2.40. The van der Waals surface area contributed by atoms with Crippen molar-refractivity contribution in [2.24, 2.45) is 0 Å². The number of anilines is 1. The highest BCUT2D eigenvalue weighted by Gasteiger charge is 2.22. The number of ether oxygens (including phenoxy) is 1. The maximum absolute atomic E-state index is 13.4. The van der Waals surface area contributed by atoms with Gasteiger partial charge in [0.15, 0.2) is 0 Å². The number of benzene rings is 3. The summed E-state index contributed by atoms with van der Waals surface area (Å²) in [4.78, 5) is 27.8. The molecule has 0 heterocycles. The number of carbonyl (C=O) groups is 2. The van der Waals surface area contributed by atoms with Gasteiger partial charge in [-0.15, -0.1) is 0 Å². The zero-order valence-electron chi connectivity index (χ0n) is 18.2. The quantitative estimate of drug-likeness (QED) is 0.579. The summed E-state index contributed by atoms with van der Waals surface area (Å²) in [6.45, 7) is 4.57. The van der Waals surface area contributed by atoms with Crippen LogP contribution < -0.4 is 5.32 Å². The van der Waals surface area contributed by atoms with Crippen molar-refractivity contribution in [3.8, 4) is 11.1 Å². The van der Waals surface area contributed by atoms with Gasteiger partial charge in [-0.2, -0.15) is 0 Å². The Morgan fingerprint density at radius 1 is 0.903 bits per heavy atom. The number of rotatable bonds is 8. The second kappa shape index (κ2) is 10.5. The molecule has 0 aromatic heterocycles. The highest BCUT2D eigenvalue weighted by molar-refractivity contribution is 6.03. The van der Waals surface area contributed by atoms with E-state index in [1.807, 2.05) is 80.6 Å². The average molecular weight is 417 g/mol. The van der Waals surface area contributed by atoms with Gasteiger partial charge in [-0.1, -0.05) is 60.7 Å². The van der Waals surface area contributed by atoms with Crippen LogP contribution >= 0.6 is 0 Å². The predicted octanol–water partition coefficient (Wildman–Crippen LogP) is 4.70. The molecule has 0 radical (unpaired) electrons. The molecule has 0 unspecified atom stereocenters. The highest BCUT2D eigenvalue weighted by Crippen LogP contribution is 2.25. The topological polar surface area (TPSA) is 58.6 Å². The lowest BCUT2D eigenvalue weighted by Gasteiger charge is -2.23. The minimum Gasteiger partial charge on any atom is -0.383 e. The molecule has 0 atom stereocenters. The van der Waals surface area contributed by atoms with Gasteiger partial charge in [0, 0.05) is 24.9 Å². The van der Waals surface area contributed by atoms with Crippen molar-refractivity contribution in [2.75, 3.05) is 32.1 Å². The molecule has 1 N–H and O–H groups in total. The first kappa shape index (κ1) is 22.2. The van der Waals surface area contributed by atoms with Crippen molar-refractivity contribution in [1.29, 1.82) is 0 Å². The Morgan fingerprint density at radius 3 is 2.35 bits per heavy atom. The first-order valence-corrected chi connectivity index (χ1v) is 10.3. The van der Waals surface area contributed by atoms with E-state index in [9.17, 15) is 9.59 Å². The van der Waals surface area contributed by atoms with Gasteiger partial charge in [-0.05, 0) is 48.2 Å². The maximum Gasteiger partial charge on any atom is 0.255 e. The third kappa shape index (κ3) is 5.58. The number of methoxy groups -OCH3 is 1. The van der Waals surface area contributed by atoms with Crippen LogP contribution in [0.1, 0.15) is 21.5 Å². The standard InChI is InChI=1S/C26H28N2O3/c1-19-10-9-15-24(20(19)2)27-25(29)18-28(16-17-31-3)26(30)23-14-8-7-13-22(23)21-11-5-4-6-12-21/h4-15H,16-18H2,1-3H3,(H,27,29). The van der Waals surface area contributed by atoms with E-state index >= 15 is 0 Å². The minimum absolute atomic E-state index is 0.0568. The van der Waals surface area contributed by atoms with E-state index in [-0.39, 0.29) is 18.4 Å². The van der Waals surface area contributed by atoms with Crippen LogP contribution in [0.3, 0.4) is 0 Å². The molecule has 0 aliphatic heterocycles. The summed E-state index contributed by atoms with van der Waals surface area (Å²) in [5.74, 6) is -0.442. The Labute approximate surface area is 183 Å². The molecular formula is C26H28N2O3. The van der Waals surface area contributed by atoms with E-state index < -0.39 is 0 Å². The third-order valence-corrected chi connectivity index (χ3v) is 5.31. The van der Waals surface area contributed by atoms with Gasteiger partial charge in [-0.25, -0.2) is 0 Å². The number of nitrogens with zero attached hydrogens (tertiary/aromatic N) is 1. The molecule has 0 saturated heterocycles. The van der Waals surface area contributed by atoms with Crippen LogP contribution in [0.5, 0.6) is 0 Å². The average Bonchev–Trinajstić information content (AvgIpc) is 2.80. The minimum atomic E-state index is -0.240. The van der Waals surface area contributed by atoms with E-state index in [0.29, 0.717) is 18.7 Å². The molecule has 0 spiro atoms. The van der Waals surface area contributed by atoms with Gasteiger partial charge < -0.3 is 15.0 Å². The SMILES string of the molecule is COCCN(CC(=O)Nc1cccc(C)c1C)C(=O)c1ccccc1-c1ccccc1. The molecule has 0 bridgehead atoms. The van der Waals surface area contributed by atoms with Crippen molar-refractivity contribution in [3.63, 3.8) is 0 Å². The normalized spacial score (nSPS) is 10.5. The number of carbonyl (C=O) groups excluding carboxylic acids is 2. The summed E-state index contributed by atoms with van der Waals surface area (Å²) >= 11 is 0. The van der Waals surface area contributed by atoms with Gasteiger partial charge in [0.25, 0.3) is 5.91 Å². The van der Waals surface area contributed by atoms with Crippen LogP contribution in [0.15, 0.2) is 72.8 Å². The van der Waals surface area contributed by atoms with Gasteiger partial charge >= 0.3 is 0 Å². The van der Waals surface area contributed by atoms with Crippen LogP contribution in [-0.2, 0) is 9.53 Å². The van der Waals surface area contributed by atoms with Gasteiger partial charge in [-0.3, -0.25) is 9.59 Å². The Balaban J connectivity index is 1.83. The molecule has 3 aromatic carbocycles. The van der Waals surface area contributed by atoms with Crippen molar-refractivity contribution >= 4 is 17.5 Å². The molecule has 0 aliphatic rings. The molecule has 0 saturated carbocycles. The molecule has 160 valence electrons. The number of nitrogens with one attached hydrogen (secondary N) is 1. The largest absolute Gasteiger partial charge is 0.383 e. The highest BCUT2D eigenvalue weighted by atomic mass is 16.5. The van der Waals surface area contributed by atoms with E-state index in [0.717, 1.165) is 27.9 Å². The van der Waals surface area contributed by atoms with Crippen LogP contribution in [-0.4, -0.2) is 43.5 Å². The smallest absolute Gasteiger partial charge is 0.255 e. The number of hydrogen-bond donors (Lipinski definition) is 1. The van der Waals surface area contributed by atoms with Gasteiger partial charge in [0.2, 0.25) is 5.91 Å². The summed E-state index contributed by atoms with van der Waals surface area (Å²) in [7, 11) is 1.58. The number of amides is 2. The summed E-state index contributed by atoms with van der Waals surface area (Å²) < 4.78 is 5.18. The van der Waals surface area contributed by atoms with Crippen molar-refractivity contribution < 1.29 is 14.3 Å². The van der Waals surface area contributed by atoms with Crippen molar-refractivity contribution in [3.05, 3.63) is 89.5 Å². The molecule has 0 fully saturated rings. The Kier molecular flexibility index (Phi) is 7.57. The zero-order valence-corrected chi connectivity index (χ0v) is 18.2. The molecule has 2 amide bonds.